The first-order chi connectivity index (χ1) is 7.83. The van der Waals surface area contributed by atoms with Crippen molar-refractivity contribution in [3.05, 3.63) is 18.2 Å². The van der Waals surface area contributed by atoms with E-state index in [0.29, 0.717) is 5.52 Å². The first kappa shape index (κ1) is 10.9. The highest BCUT2D eigenvalue weighted by atomic mass is 16.3. The van der Waals surface area contributed by atoms with E-state index in [-0.39, 0.29) is 5.75 Å². The Hall–Kier alpha value is -1.58. The molecule has 0 saturated heterocycles. The summed E-state index contributed by atoms with van der Waals surface area (Å²) in [4.78, 5) is 0. The summed E-state index contributed by atoms with van der Waals surface area (Å²) < 4.78 is 1.87. The summed E-state index contributed by atoms with van der Waals surface area (Å²) in [6.45, 7) is 3.07. The van der Waals surface area contributed by atoms with Crippen molar-refractivity contribution < 1.29 is 5.11 Å². The van der Waals surface area contributed by atoms with Gasteiger partial charge in [0.15, 0.2) is 5.52 Å². The minimum absolute atomic E-state index is 0.206. The number of hydrogen-bond donors (Lipinski definition) is 1. The lowest BCUT2D eigenvalue weighted by Crippen LogP contribution is -2.00. The van der Waals surface area contributed by atoms with Crippen LogP contribution in [0.3, 0.4) is 0 Å². The Labute approximate surface area is 94.9 Å². The van der Waals surface area contributed by atoms with Crippen LogP contribution in [0.25, 0.3) is 11.0 Å². The van der Waals surface area contributed by atoms with Crippen LogP contribution in [0, 0.1) is 0 Å². The number of phenolic OH excluding ortho intramolecular Hbond substituents is 1. The second-order valence-corrected chi connectivity index (χ2v) is 4.02. The number of fused-ring (bicyclic) bond motifs is 1. The van der Waals surface area contributed by atoms with E-state index < -0.39 is 0 Å². The fourth-order valence-corrected chi connectivity index (χ4v) is 1.83. The van der Waals surface area contributed by atoms with E-state index >= 15 is 0 Å². The lowest BCUT2D eigenvalue weighted by atomic mass is 10.2. The van der Waals surface area contributed by atoms with E-state index in [1.807, 2.05) is 16.8 Å². The summed E-state index contributed by atoms with van der Waals surface area (Å²) in [7, 11) is 0. The third-order valence-electron chi connectivity index (χ3n) is 2.75. The van der Waals surface area contributed by atoms with Crippen LogP contribution < -0.4 is 0 Å². The van der Waals surface area contributed by atoms with Crippen molar-refractivity contribution in [2.24, 2.45) is 0 Å². The van der Waals surface area contributed by atoms with Crippen LogP contribution in [-0.2, 0) is 6.54 Å². The number of unbranched alkanes of at least 4 members (excludes halogenated alkanes) is 3. The largest absolute Gasteiger partial charge is 0.506 e. The van der Waals surface area contributed by atoms with Gasteiger partial charge >= 0.3 is 0 Å². The molecular formula is C12H17N3O. The van der Waals surface area contributed by atoms with Crippen molar-refractivity contribution in [3.63, 3.8) is 0 Å². The minimum atomic E-state index is 0.206. The topological polar surface area (TPSA) is 50.9 Å². The van der Waals surface area contributed by atoms with E-state index in [9.17, 15) is 5.11 Å². The van der Waals surface area contributed by atoms with Gasteiger partial charge in [-0.05, 0) is 18.6 Å². The molecule has 0 radical (unpaired) electrons. The zero-order valence-corrected chi connectivity index (χ0v) is 9.56. The van der Waals surface area contributed by atoms with Gasteiger partial charge in [0.05, 0.1) is 5.52 Å². The average molecular weight is 219 g/mol. The summed E-state index contributed by atoms with van der Waals surface area (Å²) in [5.74, 6) is 0.206. The number of aryl methyl sites for hydroxylation is 1. The monoisotopic (exact) mass is 219 g/mol. The van der Waals surface area contributed by atoms with Gasteiger partial charge in [-0.15, -0.1) is 5.10 Å². The van der Waals surface area contributed by atoms with E-state index in [2.05, 4.69) is 17.2 Å². The van der Waals surface area contributed by atoms with Gasteiger partial charge in [0.25, 0.3) is 0 Å². The number of nitrogens with zero attached hydrogens (tertiary/aromatic N) is 3. The second kappa shape index (κ2) is 4.96. The molecule has 0 bridgehead atoms. The number of aromatic hydroxyl groups is 1. The molecule has 0 aliphatic heterocycles. The van der Waals surface area contributed by atoms with Gasteiger partial charge in [-0.3, -0.25) is 0 Å². The zero-order valence-electron chi connectivity index (χ0n) is 9.56. The van der Waals surface area contributed by atoms with Crippen LogP contribution in [0.5, 0.6) is 5.75 Å². The normalized spacial score (nSPS) is 11.1. The lowest BCUT2D eigenvalue weighted by Gasteiger charge is -2.01. The zero-order chi connectivity index (χ0) is 11.4. The lowest BCUT2D eigenvalue weighted by molar-refractivity contribution is 0.480. The first-order valence-corrected chi connectivity index (χ1v) is 5.84. The maximum atomic E-state index is 9.58. The van der Waals surface area contributed by atoms with Crippen LogP contribution in [-0.4, -0.2) is 20.1 Å². The summed E-state index contributed by atoms with van der Waals surface area (Å²) in [6.07, 6.45) is 4.83. The first-order valence-electron chi connectivity index (χ1n) is 5.84. The number of phenols is 1. The highest BCUT2D eigenvalue weighted by Crippen LogP contribution is 2.21. The molecule has 1 heterocycles. The minimum Gasteiger partial charge on any atom is -0.506 e. The molecule has 0 atom stereocenters. The Kier molecular flexibility index (Phi) is 3.39. The standard InChI is InChI=1S/C12H17N3O/c1-2-3-4-5-9-15-10-7-6-8-11(16)12(10)13-14-15/h6-8,16H,2-5,9H2,1H3. The molecule has 86 valence electrons. The van der Waals surface area contributed by atoms with E-state index in [1.165, 1.54) is 19.3 Å². The molecule has 16 heavy (non-hydrogen) atoms. The molecule has 0 saturated carbocycles. The van der Waals surface area contributed by atoms with Gasteiger partial charge in [-0.1, -0.05) is 37.5 Å². The number of rotatable bonds is 5. The van der Waals surface area contributed by atoms with Crippen molar-refractivity contribution in [3.8, 4) is 5.75 Å². The molecule has 0 fully saturated rings. The van der Waals surface area contributed by atoms with Crippen molar-refractivity contribution in [2.75, 3.05) is 0 Å². The summed E-state index contributed by atoms with van der Waals surface area (Å²) in [5.41, 5.74) is 1.51. The van der Waals surface area contributed by atoms with Crippen molar-refractivity contribution >= 4 is 11.0 Å². The highest BCUT2D eigenvalue weighted by molar-refractivity contribution is 5.80. The van der Waals surface area contributed by atoms with Crippen molar-refractivity contribution in [1.29, 1.82) is 0 Å². The summed E-state index contributed by atoms with van der Waals surface area (Å²) in [5, 5.41) is 17.6. The number of aromatic nitrogens is 3. The summed E-state index contributed by atoms with van der Waals surface area (Å²) >= 11 is 0. The quantitative estimate of drug-likeness (QED) is 0.786. The molecule has 0 aliphatic carbocycles. The number of hydrogen-bond acceptors (Lipinski definition) is 3. The number of benzene rings is 1. The Morgan fingerprint density at radius 2 is 2.12 bits per heavy atom. The molecule has 0 unspecified atom stereocenters. The SMILES string of the molecule is CCCCCCn1nnc2c(O)cccc21. The maximum Gasteiger partial charge on any atom is 0.154 e. The third kappa shape index (κ3) is 2.15. The molecule has 1 N–H and O–H groups in total. The predicted molar refractivity (Wildman–Crippen MR) is 63.3 cm³/mol. The van der Waals surface area contributed by atoms with Crippen LogP contribution in [0.15, 0.2) is 18.2 Å². The Morgan fingerprint density at radius 3 is 2.94 bits per heavy atom. The fourth-order valence-electron chi connectivity index (χ4n) is 1.83. The van der Waals surface area contributed by atoms with Gasteiger partial charge in [0.1, 0.15) is 5.75 Å². The van der Waals surface area contributed by atoms with Gasteiger partial charge in [0.2, 0.25) is 0 Å². The van der Waals surface area contributed by atoms with Gasteiger partial charge in [-0.25, -0.2) is 4.68 Å². The van der Waals surface area contributed by atoms with E-state index in [1.54, 1.807) is 6.07 Å². The molecule has 2 rings (SSSR count). The second-order valence-electron chi connectivity index (χ2n) is 4.02. The van der Waals surface area contributed by atoms with Gasteiger partial charge < -0.3 is 5.11 Å². The summed E-state index contributed by atoms with van der Waals surface area (Å²) in [6, 6.07) is 5.40. The van der Waals surface area contributed by atoms with Crippen LogP contribution in [0.4, 0.5) is 0 Å². The Bertz CT molecular complexity index is 464. The van der Waals surface area contributed by atoms with Gasteiger partial charge in [-0.2, -0.15) is 0 Å². The molecular weight excluding hydrogens is 202 g/mol. The highest BCUT2D eigenvalue weighted by Gasteiger charge is 2.06. The van der Waals surface area contributed by atoms with Crippen LogP contribution >= 0.6 is 0 Å². The molecule has 0 spiro atoms. The van der Waals surface area contributed by atoms with E-state index in [4.69, 9.17) is 0 Å². The Balaban J connectivity index is 2.10. The molecule has 4 heteroatoms. The molecule has 1 aromatic heterocycles. The molecule has 1 aromatic carbocycles. The van der Waals surface area contributed by atoms with Crippen molar-refractivity contribution in [1.82, 2.24) is 15.0 Å². The van der Waals surface area contributed by atoms with Crippen LogP contribution in [0.1, 0.15) is 32.6 Å². The fraction of sp³-hybridized carbons (Fsp3) is 0.500. The molecule has 4 nitrogen and oxygen atoms in total. The maximum absolute atomic E-state index is 9.58. The van der Waals surface area contributed by atoms with Crippen LogP contribution in [0.2, 0.25) is 0 Å². The smallest absolute Gasteiger partial charge is 0.154 e. The van der Waals surface area contributed by atoms with Crippen molar-refractivity contribution in [2.45, 2.75) is 39.2 Å². The molecule has 0 amide bonds. The predicted octanol–water partition coefficient (Wildman–Crippen LogP) is 2.72. The van der Waals surface area contributed by atoms with Gasteiger partial charge in [0, 0.05) is 6.54 Å². The van der Waals surface area contributed by atoms with E-state index in [0.717, 1.165) is 18.5 Å². The molecule has 0 aliphatic rings. The third-order valence-corrected chi connectivity index (χ3v) is 2.75. The Morgan fingerprint density at radius 1 is 1.25 bits per heavy atom. The average Bonchev–Trinajstić information content (AvgIpc) is 2.70. The molecule has 2 aromatic rings.